The molecule has 0 bridgehead atoms. The van der Waals surface area contributed by atoms with Crippen molar-refractivity contribution < 1.29 is 8.78 Å². The Morgan fingerprint density at radius 1 is 1.00 bits per heavy atom. The van der Waals surface area contributed by atoms with E-state index in [0.717, 1.165) is 5.56 Å². The van der Waals surface area contributed by atoms with Crippen LogP contribution in [0.25, 0.3) is 0 Å². The first kappa shape index (κ1) is 13.3. The summed E-state index contributed by atoms with van der Waals surface area (Å²) in [6.07, 6.45) is 0.416. The lowest BCUT2D eigenvalue weighted by Crippen LogP contribution is -1.99. The van der Waals surface area contributed by atoms with E-state index in [4.69, 9.17) is 23.2 Å². The molecule has 0 nitrogen and oxygen atoms in total. The highest BCUT2D eigenvalue weighted by molar-refractivity contribution is 6.30. The van der Waals surface area contributed by atoms with Crippen molar-refractivity contribution in [1.82, 2.24) is 0 Å². The van der Waals surface area contributed by atoms with E-state index in [2.05, 4.69) is 0 Å². The molecule has 94 valence electrons. The number of hydrogen-bond donors (Lipinski definition) is 0. The average molecular weight is 287 g/mol. The second kappa shape index (κ2) is 5.68. The van der Waals surface area contributed by atoms with Gasteiger partial charge in [-0.1, -0.05) is 23.7 Å². The molecule has 0 spiro atoms. The third-order valence-corrected chi connectivity index (χ3v) is 3.25. The molecule has 1 atom stereocenters. The van der Waals surface area contributed by atoms with E-state index < -0.39 is 5.38 Å². The Kier molecular flexibility index (Phi) is 4.20. The SMILES string of the molecule is Fc1ccc(CC(Cl)c2cc(Cl)ccc2F)cc1. The maximum atomic E-state index is 13.6. The summed E-state index contributed by atoms with van der Waals surface area (Å²) in [6.45, 7) is 0. The number of alkyl halides is 1. The summed E-state index contributed by atoms with van der Waals surface area (Å²) in [5.41, 5.74) is 1.20. The van der Waals surface area contributed by atoms with E-state index in [1.165, 1.54) is 30.3 Å². The molecule has 0 fully saturated rings. The van der Waals surface area contributed by atoms with Crippen LogP contribution in [0, 0.1) is 11.6 Å². The molecule has 1 unspecified atom stereocenters. The van der Waals surface area contributed by atoms with Crippen LogP contribution in [0.15, 0.2) is 42.5 Å². The van der Waals surface area contributed by atoms with E-state index in [1.807, 2.05) is 0 Å². The first-order valence-electron chi connectivity index (χ1n) is 5.40. The topological polar surface area (TPSA) is 0 Å². The molecule has 2 aromatic carbocycles. The highest BCUT2D eigenvalue weighted by Crippen LogP contribution is 2.29. The molecule has 4 heteroatoms. The predicted octanol–water partition coefficient (Wildman–Crippen LogP) is 5.14. The number of halogens is 4. The summed E-state index contributed by atoms with van der Waals surface area (Å²) in [5, 5.41) is -0.0923. The molecule has 0 heterocycles. The predicted molar refractivity (Wildman–Crippen MR) is 70.1 cm³/mol. The van der Waals surface area contributed by atoms with Crippen LogP contribution in [0.1, 0.15) is 16.5 Å². The van der Waals surface area contributed by atoms with Gasteiger partial charge in [0.2, 0.25) is 0 Å². The van der Waals surface area contributed by atoms with Crippen molar-refractivity contribution >= 4 is 23.2 Å². The fraction of sp³-hybridized carbons (Fsp3) is 0.143. The minimum absolute atomic E-state index is 0.307. The van der Waals surface area contributed by atoms with Gasteiger partial charge in [-0.2, -0.15) is 0 Å². The van der Waals surface area contributed by atoms with Crippen molar-refractivity contribution in [2.75, 3.05) is 0 Å². The normalized spacial score (nSPS) is 12.4. The van der Waals surface area contributed by atoms with E-state index in [9.17, 15) is 8.78 Å². The van der Waals surface area contributed by atoms with Crippen molar-refractivity contribution in [2.45, 2.75) is 11.8 Å². The third kappa shape index (κ3) is 3.21. The fourth-order valence-corrected chi connectivity index (χ4v) is 2.22. The zero-order valence-corrected chi connectivity index (χ0v) is 10.8. The van der Waals surface area contributed by atoms with Crippen LogP contribution >= 0.6 is 23.2 Å². The molecule has 18 heavy (non-hydrogen) atoms. The molecule has 0 aliphatic rings. The van der Waals surface area contributed by atoms with Crippen LogP contribution in [0.5, 0.6) is 0 Å². The van der Waals surface area contributed by atoms with Crippen molar-refractivity contribution in [3.05, 3.63) is 70.2 Å². The summed E-state index contributed by atoms with van der Waals surface area (Å²) >= 11 is 12.0. The maximum Gasteiger partial charge on any atom is 0.128 e. The molecule has 2 rings (SSSR count). The summed E-state index contributed by atoms with van der Waals surface area (Å²) in [7, 11) is 0. The van der Waals surface area contributed by atoms with Gasteiger partial charge in [0.25, 0.3) is 0 Å². The first-order chi connectivity index (χ1) is 8.56. The van der Waals surface area contributed by atoms with E-state index >= 15 is 0 Å². The second-order valence-electron chi connectivity index (χ2n) is 3.96. The zero-order chi connectivity index (χ0) is 13.1. The Morgan fingerprint density at radius 3 is 2.33 bits per heavy atom. The van der Waals surface area contributed by atoms with Crippen molar-refractivity contribution in [1.29, 1.82) is 0 Å². The van der Waals surface area contributed by atoms with Gasteiger partial charge in [0.15, 0.2) is 0 Å². The quantitative estimate of drug-likeness (QED) is 0.685. The highest BCUT2D eigenvalue weighted by atomic mass is 35.5. The molecule has 0 N–H and O–H groups in total. The number of rotatable bonds is 3. The van der Waals surface area contributed by atoms with Crippen LogP contribution in [0.4, 0.5) is 8.78 Å². The molecule has 0 saturated carbocycles. The van der Waals surface area contributed by atoms with Gasteiger partial charge in [-0.25, -0.2) is 8.78 Å². The lowest BCUT2D eigenvalue weighted by atomic mass is 10.0. The van der Waals surface area contributed by atoms with Gasteiger partial charge in [-0.3, -0.25) is 0 Å². The molecule has 0 saturated heterocycles. The molecule has 0 amide bonds. The first-order valence-corrected chi connectivity index (χ1v) is 6.21. The van der Waals surface area contributed by atoms with Gasteiger partial charge in [-0.05, 0) is 42.3 Å². The molecular formula is C14H10Cl2F2. The van der Waals surface area contributed by atoms with Gasteiger partial charge in [0, 0.05) is 10.6 Å². The van der Waals surface area contributed by atoms with Gasteiger partial charge in [0.1, 0.15) is 11.6 Å². The van der Waals surface area contributed by atoms with E-state index in [-0.39, 0.29) is 11.6 Å². The van der Waals surface area contributed by atoms with Gasteiger partial charge < -0.3 is 0 Å². The van der Waals surface area contributed by atoms with Crippen LogP contribution in [-0.4, -0.2) is 0 Å². The van der Waals surface area contributed by atoms with Crippen LogP contribution < -0.4 is 0 Å². The van der Waals surface area contributed by atoms with Crippen molar-refractivity contribution in [2.24, 2.45) is 0 Å². The standard InChI is InChI=1S/C14H10Cl2F2/c15-10-3-6-14(18)12(8-10)13(16)7-9-1-4-11(17)5-2-9/h1-6,8,13H,7H2. The average Bonchev–Trinajstić information content (AvgIpc) is 2.35. The van der Waals surface area contributed by atoms with Crippen molar-refractivity contribution in [3.8, 4) is 0 Å². The lowest BCUT2D eigenvalue weighted by Gasteiger charge is -2.11. The van der Waals surface area contributed by atoms with Gasteiger partial charge in [0.05, 0.1) is 5.38 Å². The Morgan fingerprint density at radius 2 is 1.67 bits per heavy atom. The minimum atomic E-state index is -0.533. The summed E-state index contributed by atoms with van der Waals surface area (Å²) in [5.74, 6) is -0.694. The number of benzene rings is 2. The minimum Gasteiger partial charge on any atom is -0.207 e. The Bertz CT molecular complexity index is 538. The zero-order valence-electron chi connectivity index (χ0n) is 9.34. The van der Waals surface area contributed by atoms with E-state index in [1.54, 1.807) is 12.1 Å². The second-order valence-corrected chi connectivity index (χ2v) is 4.93. The fourth-order valence-electron chi connectivity index (χ4n) is 1.69. The molecule has 0 aromatic heterocycles. The Labute approximate surface area is 114 Å². The molecule has 2 aromatic rings. The maximum absolute atomic E-state index is 13.6. The summed E-state index contributed by atoms with van der Waals surface area (Å²) in [6, 6.07) is 10.2. The van der Waals surface area contributed by atoms with Gasteiger partial charge in [-0.15, -0.1) is 11.6 Å². The Hall–Kier alpha value is -1.12. The van der Waals surface area contributed by atoms with Gasteiger partial charge >= 0.3 is 0 Å². The number of hydrogen-bond acceptors (Lipinski definition) is 0. The monoisotopic (exact) mass is 286 g/mol. The Balaban J connectivity index is 2.18. The molecule has 0 aliphatic heterocycles. The largest absolute Gasteiger partial charge is 0.207 e. The molecular weight excluding hydrogens is 277 g/mol. The van der Waals surface area contributed by atoms with E-state index in [0.29, 0.717) is 17.0 Å². The molecule has 0 radical (unpaired) electrons. The highest BCUT2D eigenvalue weighted by Gasteiger charge is 2.14. The van der Waals surface area contributed by atoms with Crippen LogP contribution in [0.2, 0.25) is 5.02 Å². The summed E-state index contributed by atoms with van der Waals surface area (Å²) < 4.78 is 26.3. The smallest absolute Gasteiger partial charge is 0.128 e. The summed E-state index contributed by atoms with van der Waals surface area (Å²) in [4.78, 5) is 0. The van der Waals surface area contributed by atoms with Crippen LogP contribution in [-0.2, 0) is 6.42 Å². The lowest BCUT2D eigenvalue weighted by molar-refractivity contribution is 0.605. The molecule has 0 aliphatic carbocycles. The van der Waals surface area contributed by atoms with Crippen molar-refractivity contribution in [3.63, 3.8) is 0 Å². The third-order valence-electron chi connectivity index (χ3n) is 2.62. The van der Waals surface area contributed by atoms with Crippen LogP contribution in [0.3, 0.4) is 0 Å².